The lowest BCUT2D eigenvalue weighted by atomic mass is 10.1. The first-order chi connectivity index (χ1) is 13.4. The zero-order valence-corrected chi connectivity index (χ0v) is 17.0. The quantitative estimate of drug-likeness (QED) is 0.375. The van der Waals surface area contributed by atoms with Crippen molar-refractivity contribution in [2.75, 3.05) is 7.11 Å². The summed E-state index contributed by atoms with van der Waals surface area (Å²) in [5.74, 6) is 0.0100. The number of aromatic nitrogens is 2. The van der Waals surface area contributed by atoms with Gasteiger partial charge in [0.1, 0.15) is 0 Å². The number of carbonyl (C=O) groups is 1. The van der Waals surface area contributed by atoms with Crippen LogP contribution in [0.25, 0.3) is 10.9 Å². The summed E-state index contributed by atoms with van der Waals surface area (Å²) >= 11 is 7.56. The third-order valence-corrected chi connectivity index (χ3v) is 5.50. The Kier molecular flexibility index (Phi) is 6.39. The Morgan fingerprint density at radius 1 is 1.32 bits per heavy atom. The van der Waals surface area contributed by atoms with E-state index in [1.807, 2.05) is 18.2 Å². The molecule has 0 aliphatic carbocycles. The number of aliphatic hydroxyl groups excluding tert-OH is 1. The molecule has 0 bridgehead atoms. The Morgan fingerprint density at radius 2 is 2.07 bits per heavy atom. The molecule has 0 saturated heterocycles. The highest BCUT2D eigenvalue weighted by atomic mass is 35.5. The topological polar surface area (TPSA) is 81.4 Å². The van der Waals surface area contributed by atoms with Gasteiger partial charge in [-0.3, -0.25) is 9.36 Å². The van der Waals surface area contributed by atoms with Crippen molar-refractivity contribution in [3.63, 3.8) is 0 Å². The summed E-state index contributed by atoms with van der Waals surface area (Å²) in [6.45, 7) is 1.73. The third kappa shape index (κ3) is 4.38. The zero-order valence-electron chi connectivity index (χ0n) is 15.4. The Bertz CT molecular complexity index is 1080. The number of ether oxygens (including phenoxy) is 1. The van der Waals surface area contributed by atoms with E-state index in [2.05, 4.69) is 4.98 Å². The van der Waals surface area contributed by atoms with Crippen LogP contribution < -0.4 is 5.56 Å². The van der Waals surface area contributed by atoms with Crippen molar-refractivity contribution >= 4 is 40.2 Å². The monoisotopic (exact) mass is 418 g/mol. The van der Waals surface area contributed by atoms with Crippen molar-refractivity contribution in [2.24, 2.45) is 0 Å². The summed E-state index contributed by atoms with van der Waals surface area (Å²) < 4.78 is 6.19. The predicted octanol–water partition coefficient (Wildman–Crippen LogP) is 3.51. The van der Waals surface area contributed by atoms with E-state index >= 15 is 0 Å². The summed E-state index contributed by atoms with van der Waals surface area (Å²) in [4.78, 5) is 29.3. The van der Waals surface area contributed by atoms with Gasteiger partial charge in [-0.25, -0.2) is 9.78 Å². The van der Waals surface area contributed by atoms with Crippen LogP contribution in [0.3, 0.4) is 0 Å². The fourth-order valence-corrected chi connectivity index (χ4v) is 4.03. The Morgan fingerprint density at radius 3 is 2.75 bits per heavy atom. The normalized spacial score (nSPS) is 12.1. The van der Waals surface area contributed by atoms with Crippen LogP contribution >= 0.6 is 23.4 Å². The Labute approximate surface area is 171 Å². The average Bonchev–Trinajstić information content (AvgIpc) is 2.68. The number of hydrogen-bond donors (Lipinski definition) is 1. The highest BCUT2D eigenvalue weighted by Gasteiger charge is 2.16. The van der Waals surface area contributed by atoms with E-state index in [9.17, 15) is 14.7 Å². The second kappa shape index (κ2) is 8.77. The average molecular weight is 419 g/mol. The maximum atomic E-state index is 13.0. The van der Waals surface area contributed by atoms with Gasteiger partial charge in [-0.15, -0.1) is 0 Å². The minimum atomic E-state index is -0.717. The van der Waals surface area contributed by atoms with E-state index in [1.165, 1.54) is 35.6 Å². The first-order valence-electron chi connectivity index (χ1n) is 8.58. The van der Waals surface area contributed by atoms with Crippen LogP contribution in [-0.4, -0.2) is 33.8 Å². The predicted molar refractivity (Wildman–Crippen MR) is 110 cm³/mol. The molecule has 6 nitrogen and oxygen atoms in total. The smallest absolute Gasteiger partial charge is 0.337 e. The number of esters is 1. The maximum absolute atomic E-state index is 13.0. The number of aliphatic hydroxyl groups is 1. The Balaban J connectivity index is 2.07. The summed E-state index contributed by atoms with van der Waals surface area (Å²) in [6.07, 6.45) is -0.717. The summed E-state index contributed by atoms with van der Waals surface area (Å²) in [7, 11) is 1.30. The number of rotatable bonds is 6. The molecule has 1 heterocycles. The zero-order chi connectivity index (χ0) is 20.3. The number of nitrogens with zero attached hydrogens (tertiary/aromatic N) is 2. The molecule has 1 atom stereocenters. The largest absolute Gasteiger partial charge is 0.465 e. The molecule has 0 amide bonds. The molecular weight excluding hydrogens is 400 g/mol. The van der Waals surface area contributed by atoms with Crippen LogP contribution in [0.15, 0.2) is 52.4 Å². The highest BCUT2D eigenvalue weighted by Crippen LogP contribution is 2.26. The molecule has 3 aromatic rings. The van der Waals surface area contributed by atoms with Crippen LogP contribution in [0.1, 0.15) is 22.8 Å². The fraction of sp³-hybridized carbons (Fsp3) is 0.250. The van der Waals surface area contributed by atoms with E-state index in [0.29, 0.717) is 32.4 Å². The van der Waals surface area contributed by atoms with Crippen LogP contribution in [0.4, 0.5) is 0 Å². The minimum absolute atomic E-state index is 0.116. The maximum Gasteiger partial charge on any atom is 0.337 e. The molecular formula is C20H19ClN2O4S. The van der Waals surface area contributed by atoms with Crippen LogP contribution in [0.2, 0.25) is 5.02 Å². The van der Waals surface area contributed by atoms with Gasteiger partial charge in [0.2, 0.25) is 0 Å². The van der Waals surface area contributed by atoms with Crippen molar-refractivity contribution in [3.8, 4) is 0 Å². The third-order valence-electron chi connectivity index (χ3n) is 4.10. The van der Waals surface area contributed by atoms with Crippen molar-refractivity contribution in [2.45, 2.75) is 30.5 Å². The van der Waals surface area contributed by atoms with Gasteiger partial charge >= 0.3 is 5.97 Å². The van der Waals surface area contributed by atoms with E-state index in [1.54, 1.807) is 19.1 Å². The number of thioether (sulfide) groups is 1. The second-order valence-electron chi connectivity index (χ2n) is 6.26. The van der Waals surface area contributed by atoms with Gasteiger partial charge in [-0.05, 0) is 36.8 Å². The number of halogens is 1. The van der Waals surface area contributed by atoms with Gasteiger partial charge in [0.25, 0.3) is 5.56 Å². The van der Waals surface area contributed by atoms with Gasteiger partial charge in [0, 0.05) is 10.8 Å². The minimum Gasteiger partial charge on any atom is -0.465 e. The van der Waals surface area contributed by atoms with Gasteiger partial charge in [0.15, 0.2) is 5.16 Å². The number of benzene rings is 2. The molecule has 2 aromatic carbocycles. The SMILES string of the molecule is COC(=O)c1ccc2c(=O)n(C[C@H](C)O)c(SCc3ccccc3Cl)nc2c1. The fourth-order valence-electron chi connectivity index (χ4n) is 2.74. The number of fused-ring (bicyclic) bond motifs is 1. The molecule has 0 fully saturated rings. The lowest BCUT2D eigenvalue weighted by Crippen LogP contribution is -2.28. The van der Waals surface area contributed by atoms with E-state index in [0.717, 1.165) is 5.56 Å². The standard InChI is InChI=1S/C20H19ClN2O4S/c1-12(24)10-23-18(25)15-8-7-13(19(26)27-2)9-17(15)22-20(23)28-11-14-5-3-4-6-16(14)21/h3-9,12,24H,10-11H2,1-2H3/t12-/m0/s1. The van der Waals surface area contributed by atoms with Gasteiger partial charge in [-0.2, -0.15) is 0 Å². The van der Waals surface area contributed by atoms with Crippen LogP contribution in [0, 0.1) is 0 Å². The molecule has 28 heavy (non-hydrogen) atoms. The van der Waals surface area contributed by atoms with E-state index in [-0.39, 0.29) is 12.1 Å². The first kappa shape index (κ1) is 20.4. The lowest BCUT2D eigenvalue weighted by molar-refractivity contribution is 0.0601. The van der Waals surface area contributed by atoms with Gasteiger partial charge in [-0.1, -0.05) is 41.6 Å². The lowest BCUT2D eigenvalue weighted by Gasteiger charge is -2.15. The molecule has 0 radical (unpaired) electrons. The Hall–Kier alpha value is -2.35. The molecule has 0 aliphatic rings. The van der Waals surface area contributed by atoms with Gasteiger partial charge in [0.05, 0.1) is 36.2 Å². The molecule has 1 N–H and O–H groups in total. The molecule has 146 valence electrons. The summed E-state index contributed by atoms with van der Waals surface area (Å²) in [5, 5.41) is 11.3. The first-order valence-corrected chi connectivity index (χ1v) is 9.94. The van der Waals surface area contributed by atoms with Gasteiger partial charge < -0.3 is 9.84 Å². The van der Waals surface area contributed by atoms with Crippen molar-refractivity contribution in [1.29, 1.82) is 0 Å². The highest BCUT2D eigenvalue weighted by molar-refractivity contribution is 7.98. The molecule has 8 heteroatoms. The van der Waals surface area contributed by atoms with Crippen LogP contribution in [0.5, 0.6) is 0 Å². The number of carbonyl (C=O) groups excluding carboxylic acids is 1. The molecule has 0 aliphatic heterocycles. The van der Waals surface area contributed by atoms with E-state index < -0.39 is 12.1 Å². The molecule has 3 rings (SSSR count). The molecule has 0 unspecified atom stereocenters. The molecule has 0 saturated carbocycles. The second-order valence-corrected chi connectivity index (χ2v) is 7.61. The summed E-state index contributed by atoms with van der Waals surface area (Å²) in [6, 6.07) is 12.1. The van der Waals surface area contributed by atoms with Crippen molar-refractivity contribution in [1.82, 2.24) is 9.55 Å². The molecule has 0 spiro atoms. The summed E-state index contributed by atoms with van der Waals surface area (Å²) in [5.41, 5.74) is 1.35. The molecule has 1 aromatic heterocycles. The van der Waals surface area contributed by atoms with E-state index in [4.69, 9.17) is 16.3 Å². The van der Waals surface area contributed by atoms with Crippen LogP contribution in [-0.2, 0) is 17.0 Å². The van der Waals surface area contributed by atoms with Crippen molar-refractivity contribution in [3.05, 3.63) is 69.0 Å². The number of hydrogen-bond acceptors (Lipinski definition) is 6. The van der Waals surface area contributed by atoms with Crippen molar-refractivity contribution < 1.29 is 14.6 Å². The number of methoxy groups -OCH3 is 1.